The Bertz CT molecular complexity index is 508. The Morgan fingerprint density at radius 2 is 1.84 bits per heavy atom. The summed E-state index contributed by atoms with van der Waals surface area (Å²) >= 11 is 0. The van der Waals surface area contributed by atoms with Gasteiger partial charge in [-0.25, -0.2) is 0 Å². The van der Waals surface area contributed by atoms with Gasteiger partial charge in [0.1, 0.15) is 0 Å². The molecule has 1 aromatic carbocycles. The Kier molecular flexibility index (Phi) is 6.23. The Labute approximate surface area is 115 Å². The number of ether oxygens (including phenoxy) is 2. The lowest BCUT2D eigenvalue weighted by Gasteiger charge is -2.07. The zero-order chi connectivity index (χ0) is 14.1. The maximum Gasteiger partial charge on any atom is 0.161 e. The maximum atomic E-state index is 5.26. The van der Waals surface area contributed by atoms with E-state index < -0.39 is 0 Å². The van der Waals surface area contributed by atoms with Gasteiger partial charge in [-0.3, -0.25) is 0 Å². The maximum absolute atomic E-state index is 5.26. The first-order valence-corrected chi connectivity index (χ1v) is 6.10. The second-order valence-electron chi connectivity index (χ2n) is 3.83. The molecule has 0 bridgehead atoms. The molecule has 0 N–H and O–H groups in total. The number of benzene rings is 1. The molecule has 2 nitrogen and oxygen atoms in total. The molecule has 0 spiro atoms. The predicted molar refractivity (Wildman–Crippen MR) is 81.7 cm³/mol. The van der Waals surface area contributed by atoms with Gasteiger partial charge in [-0.1, -0.05) is 49.1 Å². The van der Waals surface area contributed by atoms with Crippen molar-refractivity contribution in [2.75, 3.05) is 14.2 Å². The quantitative estimate of drug-likeness (QED) is 0.702. The van der Waals surface area contributed by atoms with Crippen molar-refractivity contribution in [3.8, 4) is 11.5 Å². The second-order valence-corrected chi connectivity index (χ2v) is 3.83. The highest BCUT2D eigenvalue weighted by Gasteiger charge is 2.01. The Balaban J connectivity index is 2.80. The fourth-order valence-corrected chi connectivity index (χ4v) is 1.57. The standard InChI is InChI=1S/C17H20O2/c1-5-14(6-2)9-7-8-10-15-11-12-16(18-3)17(13-15)19-4/h5-13H,1H2,2-4H3/b9-7+,10-8+,14-6+. The van der Waals surface area contributed by atoms with Crippen LogP contribution in [0.15, 0.2) is 60.7 Å². The lowest BCUT2D eigenvalue weighted by molar-refractivity contribution is 0.355. The van der Waals surface area contributed by atoms with Gasteiger partial charge in [-0.2, -0.15) is 0 Å². The van der Waals surface area contributed by atoms with Crippen molar-refractivity contribution in [1.29, 1.82) is 0 Å². The average molecular weight is 256 g/mol. The predicted octanol–water partition coefficient (Wildman–Crippen LogP) is 4.41. The monoisotopic (exact) mass is 256 g/mol. The molecular weight excluding hydrogens is 236 g/mol. The summed E-state index contributed by atoms with van der Waals surface area (Å²) < 4.78 is 10.5. The van der Waals surface area contributed by atoms with Crippen molar-refractivity contribution in [3.05, 3.63) is 66.3 Å². The molecule has 100 valence electrons. The summed E-state index contributed by atoms with van der Waals surface area (Å²) in [6, 6.07) is 5.81. The van der Waals surface area contributed by atoms with Crippen LogP contribution >= 0.6 is 0 Å². The van der Waals surface area contributed by atoms with Crippen LogP contribution in [0.2, 0.25) is 0 Å². The van der Waals surface area contributed by atoms with Crippen LogP contribution in [0.3, 0.4) is 0 Å². The minimum Gasteiger partial charge on any atom is -0.493 e. The number of methoxy groups -OCH3 is 2. The molecular formula is C17H20O2. The smallest absolute Gasteiger partial charge is 0.161 e. The van der Waals surface area contributed by atoms with Gasteiger partial charge in [0, 0.05) is 0 Å². The zero-order valence-corrected chi connectivity index (χ0v) is 11.7. The van der Waals surface area contributed by atoms with E-state index in [1.54, 1.807) is 14.2 Å². The van der Waals surface area contributed by atoms with E-state index in [0.29, 0.717) is 0 Å². The highest BCUT2D eigenvalue weighted by atomic mass is 16.5. The van der Waals surface area contributed by atoms with Crippen molar-refractivity contribution in [3.63, 3.8) is 0 Å². The number of allylic oxidation sites excluding steroid dienone is 6. The molecule has 0 fully saturated rings. The van der Waals surface area contributed by atoms with Crippen LogP contribution in [0.4, 0.5) is 0 Å². The molecule has 0 unspecified atom stereocenters. The van der Waals surface area contributed by atoms with Gasteiger partial charge in [-0.15, -0.1) is 0 Å². The van der Waals surface area contributed by atoms with E-state index in [2.05, 4.69) is 6.58 Å². The summed E-state index contributed by atoms with van der Waals surface area (Å²) in [5.74, 6) is 1.46. The minimum absolute atomic E-state index is 0.730. The Morgan fingerprint density at radius 3 is 2.42 bits per heavy atom. The summed E-state index contributed by atoms with van der Waals surface area (Å²) in [6.07, 6.45) is 11.8. The largest absolute Gasteiger partial charge is 0.493 e. The van der Waals surface area contributed by atoms with Crippen molar-refractivity contribution in [2.45, 2.75) is 6.92 Å². The molecule has 0 radical (unpaired) electrons. The first kappa shape index (κ1) is 14.8. The molecule has 0 saturated carbocycles. The van der Waals surface area contributed by atoms with E-state index in [9.17, 15) is 0 Å². The normalized spacial score (nSPS) is 12.1. The van der Waals surface area contributed by atoms with Crippen LogP contribution in [-0.2, 0) is 0 Å². The van der Waals surface area contributed by atoms with Crippen molar-refractivity contribution >= 4 is 6.08 Å². The molecule has 1 aromatic rings. The topological polar surface area (TPSA) is 18.5 Å². The van der Waals surface area contributed by atoms with Gasteiger partial charge in [0.25, 0.3) is 0 Å². The summed E-state index contributed by atoms with van der Waals surface area (Å²) in [6.45, 7) is 5.72. The van der Waals surface area contributed by atoms with E-state index in [1.807, 2.05) is 61.6 Å². The fraction of sp³-hybridized carbons (Fsp3) is 0.176. The van der Waals surface area contributed by atoms with Crippen LogP contribution in [0.25, 0.3) is 6.08 Å². The molecule has 1 rings (SSSR count). The first-order chi connectivity index (χ1) is 9.24. The Hall–Kier alpha value is -2.22. The van der Waals surface area contributed by atoms with Gasteiger partial charge in [0.2, 0.25) is 0 Å². The molecule has 0 amide bonds. The molecule has 0 saturated heterocycles. The van der Waals surface area contributed by atoms with Crippen LogP contribution in [0.1, 0.15) is 12.5 Å². The van der Waals surface area contributed by atoms with Crippen molar-refractivity contribution in [1.82, 2.24) is 0 Å². The lowest BCUT2D eigenvalue weighted by atomic mass is 10.1. The van der Waals surface area contributed by atoms with Crippen LogP contribution < -0.4 is 9.47 Å². The molecule has 0 aliphatic rings. The summed E-state index contributed by atoms with van der Waals surface area (Å²) in [7, 11) is 3.26. The third kappa shape index (κ3) is 4.51. The molecule has 0 atom stereocenters. The van der Waals surface area contributed by atoms with Crippen LogP contribution in [0.5, 0.6) is 11.5 Å². The zero-order valence-electron chi connectivity index (χ0n) is 11.7. The van der Waals surface area contributed by atoms with Gasteiger partial charge in [-0.05, 0) is 30.2 Å². The third-order valence-electron chi connectivity index (χ3n) is 2.67. The highest BCUT2D eigenvalue weighted by molar-refractivity contribution is 5.57. The number of rotatable bonds is 6. The molecule has 0 heterocycles. The lowest BCUT2D eigenvalue weighted by Crippen LogP contribution is -1.90. The molecule has 19 heavy (non-hydrogen) atoms. The fourth-order valence-electron chi connectivity index (χ4n) is 1.57. The summed E-state index contributed by atoms with van der Waals surface area (Å²) in [4.78, 5) is 0. The second kappa shape index (κ2) is 7.98. The van der Waals surface area contributed by atoms with Crippen molar-refractivity contribution in [2.24, 2.45) is 0 Å². The Morgan fingerprint density at radius 1 is 1.11 bits per heavy atom. The van der Waals surface area contributed by atoms with Gasteiger partial charge in [0.15, 0.2) is 11.5 Å². The summed E-state index contributed by atoms with van der Waals surface area (Å²) in [5, 5.41) is 0. The molecule has 0 aliphatic carbocycles. The molecule has 0 aromatic heterocycles. The van der Waals surface area contributed by atoms with E-state index in [1.165, 1.54) is 0 Å². The number of hydrogen-bond acceptors (Lipinski definition) is 2. The SMILES string of the molecule is C=CC(/C=C/C=C/c1ccc(OC)c(OC)c1)=C\C. The molecule has 2 heteroatoms. The van der Waals surface area contributed by atoms with E-state index in [4.69, 9.17) is 9.47 Å². The summed E-state index contributed by atoms with van der Waals surface area (Å²) in [5.41, 5.74) is 2.15. The van der Waals surface area contributed by atoms with Gasteiger partial charge >= 0.3 is 0 Å². The third-order valence-corrected chi connectivity index (χ3v) is 2.67. The van der Waals surface area contributed by atoms with Crippen molar-refractivity contribution < 1.29 is 9.47 Å². The van der Waals surface area contributed by atoms with Crippen LogP contribution in [0, 0.1) is 0 Å². The van der Waals surface area contributed by atoms with Gasteiger partial charge < -0.3 is 9.47 Å². The molecule has 0 aliphatic heterocycles. The highest BCUT2D eigenvalue weighted by Crippen LogP contribution is 2.27. The minimum atomic E-state index is 0.730. The average Bonchev–Trinajstić information content (AvgIpc) is 2.47. The van der Waals surface area contributed by atoms with E-state index >= 15 is 0 Å². The van der Waals surface area contributed by atoms with E-state index in [0.717, 1.165) is 22.6 Å². The first-order valence-electron chi connectivity index (χ1n) is 6.10. The van der Waals surface area contributed by atoms with E-state index in [-0.39, 0.29) is 0 Å². The number of hydrogen-bond donors (Lipinski definition) is 0. The van der Waals surface area contributed by atoms with Gasteiger partial charge in [0.05, 0.1) is 14.2 Å². The van der Waals surface area contributed by atoms with Crippen LogP contribution in [-0.4, -0.2) is 14.2 Å².